The summed E-state index contributed by atoms with van der Waals surface area (Å²) in [5.74, 6) is -2.20. The van der Waals surface area contributed by atoms with E-state index in [1.54, 1.807) is 38.0 Å². The monoisotopic (exact) mass is 835 g/mol. The van der Waals surface area contributed by atoms with Crippen LogP contribution in [0, 0.1) is 30.6 Å². The van der Waals surface area contributed by atoms with Gasteiger partial charge in [0, 0.05) is 39.9 Å². The Morgan fingerprint density at radius 1 is 0.817 bits per heavy atom. The first-order valence-corrected chi connectivity index (χ1v) is 21.7. The van der Waals surface area contributed by atoms with Gasteiger partial charge >= 0.3 is 0 Å². The fraction of sp³-hybridized carbons (Fsp3) is 0.638. The molecule has 334 valence electrons. The number of carbonyl (C=O) groups is 5. The van der Waals surface area contributed by atoms with Crippen LogP contribution in [0.1, 0.15) is 85.3 Å². The highest BCUT2D eigenvalue weighted by atomic mass is 16.5. The first kappa shape index (κ1) is 50.0. The molecule has 0 spiro atoms. The van der Waals surface area contributed by atoms with Gasteiger partial charge in [-0.05, 0) is 69.3 Å². The third-order valence-electron chi connectivity index (χ3n) is 12.2. The standard InChI is InChI=1S/C47H74N6O7/c1-14-32(7)42(52(11)47(58)40(29(2)3)50-46(57)41(30(4)5)51(9)10)38(59-12)28-39(54)53-26-18-21-37(53)43(60-13)33(8)44(55)49-36(27-34-19-16-15-17-20-34)45(56)48-35-24-22-31(6)23-25-35/h15-17,19-20,22-25,29-30,32-33,36-38,40-43H,14,18,21,26-28H2,1-13H3,(H,48,56)(H,49,55)(H,50,57). The molecular formula is C47H74N6O7. The summed E-state index contributed by atoms with van der Waals surface area (Å²) in [7, 11) is 8.55. The molecule has 1 fully saturated rings. The molecule has 0 aromatic heterocycles. The number of anilines is 1. The van der Waals surface area contributed by atoms with Gasteiger partial charge in [0.1, 0.15) is 12.1 Å². The van der Waals surface area contributed by atoms with Crippen molar-refractivity contribution in [2.75, 3.05) is 47.2 Å². The van der Waals surface area contributed by atoms with Gasteiger partial charge in [-0.3, -0.25) is 28.9 Å². The fourth-order valence-electron chi connectivity index (χ4n) is 8.64. The van der Waals surface area contributed by atoms with E-state index in [0.717, 1.165) is 24.0 Å². The zero-order valence-electron chi connectivity index (χ0n) is 38.5. The first-order chi connectivity index (χ1) is 28.4. The molecule has 3 N–H and O–H groups in total. The largest absolute Gasteiger partial charge is 0.379 e. The Labute approximate surface area is 359 Å². The molecule has 13 heteroatoms. The summed E-state index contributed by atoms with van der Waals surface area (Å²) in [6.45, 7) is 16.1. The van der Waals surface area contributed by atoms with Crippen LogP contribution in [0.15, 0.2) is 54.6 Å². The summed E-state index contributed by atoms with van der Waals surface area (Å²) in [5.41, 5.74) is 2.59. The topological polar surface area (TPSA) is 150 Å². The number of nitrogens with one attached hydrogen (secondary N) is 3. The van der Waals surface area contributed by atoms with Gasteiger partial charge in [-0.1, -0.05) is 103 Å². The highest BCUT2D eigenvalue weighted by Gasteiger charge is 2.43. The lowest BCUT2D eigenvalue weighted by atomic mass is 9.89. The molecule has 1 aliphatic heterocycles. The van der Waals surface area contributed by atoms with E-state index < -0.39 is 48.3 Å². The minimum Gasteiger partial charge on any atom is -0.379 e. The van der Waals surface area contributed by atoms with Crippen molar-refractivity contribution >= 4 is 35.2 Å². The molecule has 1 heterocycles. The molecule has 2 aromatic rings. The molecule has 3 rings (SSSR count). The molecule has 0 radical (unpaired) electrons. The molecule has 60 heavy (non-hydrogen) atoms. The van der Waals surface area contributed by atoms with Crippen LogP contribution in [0.25, 0.3) is 0 Å². The minimum absolute atomic E-state index is 0.00370. The molecule has 13 nitrogen and oxygen atoms in total. The van der Waals surface area contributed by atoms with Gasteiger partial charge in [0.2, 0.25) is 29.5 Å². The van der Waals surface area contributed by atoms with Gasteiger partial charge in [0.25, 0.3) is 0 Å². The maximum absolute atomic E-state index is 14.4. The van der Waals surface area contributed by atoms with Crippen LogP contribution in [-0.2, 0) is 39.9 Å². The lowest BCUT2D eigenvalue weighted by Gasteiger charge is -2.41. The molecule has 1 aliphatic rings. The van der Waals surface area contributed by atoms with Crippen molar-refractivity contribution in [2.24, 2.45) is 23.7 Å². The van der Waals surface area contributed by atoms with Crippen LogP contribution in [0.3, 0.4) is 0 Å². The van der Waals surface area contributed by atoms with Gasteiger partial charge in [-0.2, -0.15) is 0 Å². The van der Waals surface area contributed by atoms with Gasteiger partial charge in [-0.25, -0.2) is 0 Å². The van der Waals surface area contributed by atoms with E-state index in [1.165, 1.54) is 0 Å². The number of methoxy groups -OCH3 is 2. The Bertz CT molecular complexity index is 1680. The molecule has 1 saturated heterocycles. The van der Waals surface area contributed by atoms with Gasteiger partial charge < -0.3 is 35.2 Å². The van der Waals surface area contributed by atoms with Crippen molar-refractivity contribution < 1.29 is 33.4 Å². The summed E-state index contributed by atoms with van der Waals surface area (Å²) in [6.07, 6.45) is 1.07. The Morgan fingerprint density at radius 3 is 1.98 bits per heavy atom. The number of hydrogen-bond acceptors (Lipinski definition) is 8. The molecule has 0 aliphatic carbocycles. The van der Waals surface area contributed by atoms with Crippen LogP contribution in [0.4, 0.5) is 5.69 Å². The molecule has 0 bridgehead atoms. The van der Waals surface area contributed by atoms with Gasteiger partial charge in [-0.15, -0.1) is 0 Å². The Kier molecular flexibility index (Phi) is 19.7. The summed E-state index contributed by atoms with van der Waals surface area (Å²) in [6, 6.07) is 14.1. The molecular weight excluding hydrogens is 761 g/mol. The highest BCUT2D eigenvalue weighted by molar-refractivity contribution is 5.97. The zero-order chi connectivity index (χ0) is 44.8. The van der Waals surface area contributed by atoms with E-state index in [2.05, 4.69) is 16.0 Å². The number of carbonyl (C=O) groups excluding carboxylic acids is 5. The van der Waals surface area contributed by atoms with E-state index in [9.17, 15) is 24.0 Å². The predicted octanol–water partition coefficient (Wildman–Crippen LogP) is 5.31. The number of likely N-dealkylation sites (tertiary alicyclic amines) is 1. The van der Waals surface area contributed by atoms with E-state index in [-0.39, 0.29) is 60.1 Å². The number of nitrogens with zero attached hydrogens (tertiary/aromatic N) is 3. The molecule has 9 atom stereocenters. The van der Waals surface area contributed by atoms with Crippen LogP contribution in [0.2, 0.25) is 0 Å². The SMILES string of the molecule is CCC(C)C(C(CC(=O)N1CCCC1C(OC)C(C)C(=O)NC(Cc1ccccc1)C(=O)Nc1ccc(C)cc1)OC)N(C)C(=O)C(NC(=O)C(C(C)C)N(C)C)C(C)C. The number of rotatable bonds is 22. The lowest BCUT2D eigenvalue weighted by molar-refractivity contribution is -0.148. The van der Waals surface area contributed by atoms with Crippen LogP contribution >= 0.6 is 0 Å². The van der Waals surface area contributed by atoms with E-state index in [4.69, 9.17) is 9.47 Å². The second kappa shape index (κ2) is 23.6. The number of hydrogen-bond donors (Lipinski definition) is 3. The summed E-state index contributed by atoms with van der Waals surface area (Å²) >= 11 is 0. The van der Waals surface area contributed by atoms with Crippen molar-refractivity contribution in [3.05, 3.63) is 65.7 Å². The number of benzene rings is 2. The Morgan fingerprint density at radius 2 is 1.45 bits per heavy atom. The van der Waals surface area contributed by atoms with Gasteiger partial charge in [0.15, 0.2) is 0 Å². The van der Waals surface area contributed by atoms with E-state index in [1.807, 2.05) is 122 Å². The van der Waals surface area contributed by atoms with Crippen LogP contribution in [0.5, 0.6) is 0 Å². The van der Waals surface area contributed by atoms with Crippen molar-refractivity contribution in [1.82, 2.24) is 25.3 Å². The highest BCUT2D eigenvalue weighted by Crippen LogP contribution is 2.30. The maximum Gasteiger partial charge on any atom is 0.247 e. The smallest absolute Gasteiger partial charge is 0.247 e. The van der Waals surface area contributed by atoms with Crippen molar-refractivity contribution in [2.45, 2.75) is 130 Å². The molecule has 9 unspecified atom stereocenters. The third-order valence-corrected chi connectivity index (χ3v) is 12.2. The average molecular weight is 835 g/mol. The minimum atomic E-state index is -0.865. The molecule has 2 aromatic carbocycles. The summed E-state index contributed by atoms with van der Waals surface area (Å²) in [5, 5.41) is 9.00. The Balaban J connectivity index is 1.81. The van der Waals surface area contributed by atoms with Crippen molar-refractivity contribution in [1.29, 1.82) is 0 Å². The average Bonchev–Trinajstić information content (AvgIpc) is 3.69. The summed E-state index contributed by atoms with van der Waals surface area (Å²) < 4.78 is 12.1. The fourth-order valence-corrected chi connectivity index (χ4v) is 8.64. The quantitative estimate of drug-likeness (QED) is 0.145. The number of aryl methyl sites for hydroxylation is 1. The number of amides is 5. The summed E-state index contributed by atoms with van der Waals surface area (Å²) in [4.78, 5) is 75.2. The first-order valence-electron chi connectivity index (χ1n) is 21.7. The zero-order valence-corrected chi connectivity index (χ0v) is 38.5. The number of likely N-dealkylation sites (N-methyl/N-ethyl adjacent to an activating group) is 2. The van der Waals surface area contributed by atoms with Crippen LogP contribution in [-0.4, -0.2) is 129 Å². The number of ether oxygens (including phenoxy) is 2. The molecule has 0 saturated carbocycles. The second-order valence-corrected chi connectivity index (χ2v) is 17.6. The third kappa shape index (κ3) is 13.3. The predicted molar refractivity (Wildman–Crippen MR) is 237 cm³/mol. The maximum atomic E-state index is 14.4. The van der Waals surface area contributed by atoms with E-state index >= 15 is 0 Å². The van der Waals surface area contributed by atoms with Gasteiger partial charge in [0.05, 0.1) is 42.7 Å². The van der Waals surface area contributed by atoms with Crippen LogP contribution < -0.4 is 16.0 Å². The van der Waals surface area contributed by atoms with E-state index in [0.29, 0.717) is 18.7 Å². The molecule has 5 amide bonds. The van der Waals surface area contributed by atoms with Crippen molar-refractivity contribution in [3.8, 4) is 0 Å². The normalized spacial score (nSPS) is 18.3. The lowest BCUT2D eigenvalue weighted by Crippen LogP contribution is -2.59. The Hall–Kier alpha value is -4.33. The van der Waals surface area contributed by atoms with Crippen molar-refractivity contribution in [3.63, 3.8) is 0 Å². The second-order valence-electron chi connectivity index (χ2n) is 17.6.